The Balaban J connectivity index is 1.77. The summed E-state index contributed by atoms with van der Waals surface area (Å²) in [7, 11) is 0. The topological polar surface area (TPSA) is 62.2 Å². The molecule has 2 heterocycles. The Labute approximate surface area is 156 Å². The van der Waals surface area contributed by atoms with Crippen molar-refractivity contribution in [1.82, 2.24) is 19.7 Å². The average molecular weight is 364 g/mol. The van der Waals surface area contributed by atoms with Crippen molar-refractivity contribution < 1.29 is 4.79 Å². The number of H-pyrrole nitrogens is 1. The minimum Gasteiger partial charge on any atom is -0.352 e. The molecule has 4 rings (SSSR count). The molecule has 2 aromatic heterocycles. The molecular weight excluding hydrogens is 344 g/mol. The van der Waals surface area contributed by atoms with Crippen molar-refractivity contribution in [3.63, 3.8) is 0 Å². The van der Waals surface area contributed by atoms with E-state index < -0.39 is 0 Å². The fourth-order valence-electron chi connectivity index (χ4n) is 3.25. The molecule has 0 radical (unpaired) electrons. The fourth-order valence-corrected chi connectivity index (χ4v) is 3.54. The van der Waals surface area contributed by atoms with Gasteiger partial charge in [-0.3, -0.25) is 9.20 Å². The standard InChI is InChI=1S/C20H20N4OS/c1-2-3-6-11-21-19(25)13-9-10-14-16(12-13)23-20(26)24-17-8-5-4-7-15(17)22-18(14)24/h4-5,7-10,12H,2-3,6,11H2,1H3,(H,21,25)(H,23,26). The summed E-state index contributed by atoms with van der Waals surface area (Å²) in [6.07, 6.45) is 3.26. The molecule has 0 aliphatic heterocycles. The zero-order chi connectivity index (χ0) is 18.1. The third kappa shape index (κ3) is 2.86. The van der Waals surface area contributed by atoms with E-state index in [0.29, 0.717) is 16.9 Å². The summed E-state index contributed by atoms with van der Waals surface area (Å²) >= 11 is 5.54. The highest BCUT2D eigenvalue weighted by atomic mass is 32.1. The summed E-state index contributed by atoms with van der Waals surface area (Å²) in [5.74, 6) is -0.0595. The van der Waals surface area contributed by atoms with Crippen LogP contribution >= 0.6 is 12.2 Å². The van der Waals surface area contributed by atoms with Crippen molar-refractivity contribution in [1.29, 1.82) is 0 Å². The van der Waals surface area contributed by atoms with Gasteiger partial charge in [-0.15, -0.1) is 0 Å². The van der Waals surface area contributed by atoms with Crippen molar-refractivity contribution in [2.45, 2.75) is 26.2 Å². The first-order valence-corrected chi connectivity index (χ1v) is 9.31. The average Bonchev–Trinajstić information content (AvgIpc) is 3.05. The van der Waals surface area contributed by atoms with Crippen LogP contribution < -0.4 is 5.32 Å². The summed E-state index contributed by atoms with van der Waals surface area (Å²) in [5.41, 5.74) is 4.12. The number of hydrogen-bond donors (Lipinski definition) is 2. The Bertz CT molecular complexity index is 1180. The molecule has 0 fully saturated rings. The lowest BCUT2D eigenvalue weighted by Gasteiger charge is -2.07. The van der Waals surface area contributed by atoms with Gasteiger partial charge in [0, 0.05) is 17.5 Å². The maximum Gasteiger partial charge on any atom is 0.251 e. The van der Waals surface area contributed by atoms with Gasteiger partial charge in [0.25, 0.3) is 5.91 Å². The van der Waals surface area contributed by atoms with Crippen LogP contribution in [0.3, 0.4) is 0 Å². The Morgan fingerprint density at radius 3 is 2.92 bits per heavy atom. The maximum absolute atomic E-state index is 12.4. The minimum atomic E-state index is -0.0595. The number of hydrogen-bond acceptors (Lipinski definition) is 3. The number of unbranched alkanes of at least 4 members (excludes halogenated alkanes) is 2. The van der Waals surface area contributed by atoms with Crippen LogP contribution in [-0.4, -0.2) is 26.8 Å². The van der Waals surface area contributed by atoms with Gasteiger partial charge in [0.1, 0.15) is 5.65 Å². The van der Waals surface area contributed by atoms with Crippen molar-refractivity contribution in [3.8, 4) is 0 Å². The van der Waals surface area contributed by atoms with Gasteiger partial charge in [-0.2, -0.15) is 0 Å². The van der Waals surface area contributed by atoms with Crippen LogP contribution in [0.2, 0.25) is 0 Å². The molecule has 0 atom stereocenters. The molecule has 2 N–H and O–H groups in total. The lowest BCUT2D eigenvalue weighted by atomic mass is 10.1. The number of amides is 1. The van der Waals surface area contributed by atoms with E-state index in [1.807, 2.05) is 46.9 Å². The second-order valence-corrected chi connectivity index (χ2v) is 6.80. The molecule has 26 heavy (non-hydrogen) atoms. The number of benzene rings is 2. The van der Waals surface area contributed by atoms with Crippen LogP contribution in [0.1, 0.15) is 36.5 Å². The summed E-state index contributed by atoms with van der Waals surface area (Å²) < 4.78 is 2.51. The zero-order valence-electron chi connectivity index (χ0n) is 14.6. The number of rotatable bonds is 5. The number of para-hydroxylation sites is 2. The maximum atomic E-state index is 12.4. The monoisotopic (exact) mass is 364 g/mol. The molecule has 0 aliphatic carbocycles. The molecule has 6 heteroatoms. The van der Waals surface area contributed by atoms with Gasteiger partial charge in [0.15, 0.2) is 4.77 Å². The fraction of sp³-hybridized carbons (Fsp3) is 0.250. The highest BCUT2D eigenvalue weighted by molar-refractivity contribution is 7.71. The number of nitrogens with zero attached hydrogens (tertiary/aromatic N) is 2. The lowest BCUT2D eigenvalue weighted by molar-refractivity contribution is 0.0953. The largest absolute Gasteiger partial charge is 0.352 e. The van der Waals surface area contributed by atoms with Crippen molar-refractivity contribution in [3.05, 3.63) is 52.8 Å². The van der Waals surface area contributed by atoms with Crippen LogP contribution in [0.25, 0.3) is 27.6 Å². The molecule has 0 saturated heterocycles. The van der Waals surface area contributed by atoms with Crippen molar-refractivity contribution in [2.75, 3.05) is 6.54 Å². The summed E-state index contributed by atoms with van der Waals surface area (Å²) in [4.78, 5) is 20.3. The highest BCUT2D eigenvalue weighted by Gasteiger charge is 2.12. The Kier molecular flexibility index (Phi) is 4.42. The van der Waals surface area contributed by atoms with Crippen LogP contribution in [0.5, 0.6) is 0 Å². The number of nitrogens with one attached hydrogen (secondary N) is 2. The quantitative estimate of drug-likeness (QED) is 0.401. The van der Waals surface area contributed by atoms with Crippen LogP contribution in [0.4, 0.5) is 0 Å². The van der Waals surface area contributed by atoms with E-state index in [1.165, 1.54) is 0 Å². The third-order valence-corrected chi connectivity index (χ3v) is 4.88. The number of carbonyl (C=O) groups excluding carboxylic acids is 1. The molecule has 132 valence electrons. The van der Waals surface area contributed by atoms with Gasteiger partial charge in [-0.05, 0) is 49.0 Å². The molecule has 0 spiro atoms. The van der Waals surface area contributed by atoms with E-state index in [2.05, 4.69) is 17.2 Å². The Hall–Kier alpha value is -2.73. The van der Waals surface area contributed by atoms with Gasteiger partial charge < -0.3 is 10.3 Å². The summed E-state index contributed by atoms with van der Waals surface area (Å²) in [6.45, 7) is 2.85. The number of imidazole rings is 1. The first kappa shape index (κ1) is 16.7. The molecular formula is C20H20N4OS. The molecule has 0 saturated carbocycles. The highest BCUT2D eigenvalue weighted by Crippen LogP contribution is 2.24. The van der Waals surface area contributed by atoms with Gasteiger partial charge >= 0.3 is 0 Å². The van der Waals surface area contributed by atoms with Crippen LogP contribution in [-0.2, 0) is 0 Å². The predicted molar refractivity (Wildman–Crippen MR) is 107 cm³/mol. The van der Waals surface area contributed by atoms with E-state index >= 15 is 0 Å². The molecule has 5 nitrogen and oxygen atoms in total. The van der Waals surface area contributed by atoms with E-state index in [0.717, 1.165) is 46.8 Å². The number of aromatic nitrogens is 3. The normalized spacial score (nSPS) is 11.4. The van der Waals surface area contributed by atoms with Gasteiger partial charge in [0.2, 0.25) is 0 Å². The van der Waals surface area contributed by atoms with Crippen LogP contribution in [0, 0.1) is 4.77 Å². The zero-order valence-corrected chi connectivity index (χ0v) is 15.4. The second kappa shape index (κ2) is 6.88. The SMILES string of the molecule is CCCCCNC(=O)c1ccc2c(c1)[nH]c(=S)n1c3ccccc3nc21. The first-order valence-electron chi connectivity index (χ1n) is 8.90. The molecule has 2 aromatic carbocycles. The number of aromatic amines is 1. The van der Waals surface area contributed by atoms with E-state index in [1.54, 1.807) is 0 Å². The Morgan fingerprint density at radius 1 is 1.23 bits per heavy atom. The number of fused-ring (bicyclic) bond motifs is 5. The van der Waals surface area contributed by atoms with Crippen LogP contribution in [0.15, 0.2) is 42.5 Å². The van der Waals surface area contributed by atoms with Gasteiger partial charge in [0.05, 0.1) is 16.6 Å². The predicted octanol–water partition coefficient (Wildman–Crippen LogP) is 4.62. The number of carbonyl (C=O) groups is 1. The molecule has 4 aromatic rings. The van der Waals surface area contributed by atoms with Crippen molar-refractivity contribution in [2.24, 2.45) is 0 Å². The van der Waals surface area contributed by atoms with E-state index in [-0.39, 0.29) is 5.91 Å². The smallest absolute Gasteiger partial charge is 0.251 e. The first-order chi connectivity index (χ1) is 12.7. The van der Waals surface area contributed by atoms with E-state index in [4.69, 9.17) is 17.2 Å². The summed E-state index contributed by atoms with van der Waals surface area (Å²) in [6, 6.07) is 13.5. The molecule has 1 amide bonds. The molecule has 0 aliphatic rings. The third-order valence-electron chi connectivity index (χ3n) is 4.59. The molecule has 0 bridgehead atoms. The van der Waals surface area contributed by atoms with E-state index in [9.17, 15) is 4.79 Å². The van der Waals surface area contributed by atoms with Gasteiger partial charge in [-0.25, -0.2) is 4.98 Å². The molecule has 0 unspecified atom stereocenters. The summed E-state index contributed by atoms with van der Waals surface area (Å²) in [5, 5.41) is 3.91. The van der Waals surface area contributed by atoms with Crippen molar-refractivity contribution >= 4 is 45.7 Å². The van der Waals surface area contributed by atoms with Gasteiger partial charge in [-0.1, -0.05) is 31.9 Å². The lowest BCUT2D eigenvalue weighted by Crippen LogP contribution is -2.24. The minimum absolute atomic E-state index is 0.0595. The Morgan fingerprint density at radius 2 is 2.08 bits per heavy atom. The second-order valence-electron chi connectivity index (χ2n) is 6.41.